The van der Waals surface area contributed by atoms with Gasteiger partial charge in [0.15, 0.2) is 5.76 Å². The van der Waals surface area contributed by atoms with E-state index in [4.69, 9.17) is 8.94 Å². The SMILES string of the molecule is O=S(=O)(Nc1noc(-c2ccco2)n1)c1cccc2ncccc12. The third-order valence-electron chi connectivity index (χ3n) is 3.28. The summed E-state index contributed by atoms with van der Waals surface area (Å²) in [5.74, 6) is 0.252. The molecule has 120 valence electrons. The van der Waals surface area contributed by atoms with Crippen molar-refractivity contribution in [1.29, 1.82) is 0 Å². The molecule has 3 aromatic heterocycles. The number of furan rings is 1. The molecule has 9 heteroatoms. The second kappa shape index (κ2) is 5.46. The first-order chi connectivity index (χ1) is 11.6. The third-order valence-corrected chi connectivity index (χ3v) is 4.67. The van der Waals surface area contributed by atoms with Crippen LogP contribution in [0, 0.1) is 0 Å². The summed E-state index contributed by atoms with van der Waals surface area (Å²) in [6.45, 7) is 0. The van der Waals surface area contributed by atoms with Crippen LogP contribution in [0.1, 0.15) is 0 Å². The van der Waals surface area contributed by atoms with E-state index in [1.165, 1.54) is 12.3 Å². The minimum absolute atomic E-state index is 0.0808. The van der Waals surface area contributed by atoms with Crippen LogP contribution in [0.3, 0.4) is 0 Å². The maximum absolute atomic E-state index is 12.6. The van der Waals surface area contributed by atoms with Crippen molar-refractivity contribution in [2.75, 3.05) is 4.72 Å². The Balaban J connectivity index is 1.71. The number of hydrogen-bond donors (Lipinski definition) is 1. The first-order valence-electron chi connectivity index (χ1n) is 6.88. The lowest BCUT2D eigenvalue weighted by Crippen LogP contribution is -2.14. The van der Waals surface area contributed by atoms with Crippen LogP contribution in [0.2, 0.25) is 0 Å². The normalized spacial score (nSPS) is 11.7. The molecule has 0 spiro atoms. The smallest absolute Gasteiger partial charge is 0.295 e. The van der Waals surface area contributed by atoms with E-state index in [2.05, 4.69) is 19.8 Å². The Morgan fingerprint density at radius 3 is 2.79 bits per heavy atom. The van der Waals surface area contributed by atoms with Crippen molar-refractivity contribution in [3.05, 3.63) is 54.9 Å². The molecule has 0 radical (unpaired) electrons. The Labute approximate surface area is 136 Å². The predicted octanol–water partition coefficient (Wildman–Crippen LogP) is 2.68. The molecule has 24 heavy (non-hydrogen) atoms. The van der Waals surface area contributed by atoms with Gasteiger partial charge in [0, 0.05) is 11.6 Å². The molecule has 0 aliphatic rings. The molecule has 4 rings (SSSR count). The van der Waals surface area contributed by atoms with Crippen molar-refractivity contribution in [2.45, 2.75) is 4.90 Å². The van der Waals surface area contributed by atoms with Crippen LogP contribution in [0.4, 0.5) is 5.95 Å². The highest BCUT2D eigenvalue weighted by molar-refractivity contribution is 7.93. The molecule has 0 fully saturated rings. The lowest BCUT2D eigenvalue weighted by atomic mass is 10.2. The van der Waals surface area contributed by atoms with Crippen LogP contribution in [-0.2, 0) is 10.0 Å². The lowest BCUT2D eigenvalue weighted by Gasteiger charge is -2.07. The summed E-state index contributed by atoms with van der Waals surface area (Å²) in [6.07, 6.45) is 3.05. The van der Waals surface area contributed by atoms with Gasteiger partial charge in [0.2, 0.25) is 0 Å². The van der Waals surface area contributed by atoms with Gasteiger partial charge in [0.1, 0.15) is 0 Å². The van der Waals surface area contributed by atoms with Crippen LogP contribution in [-0.4, -0.2) is 23.5 Å². The summed E-state index contributed by atoms with van der Waals surface area (Å²) in [5, 5.41) is 4.11. The van der Waals surface area contributed by atoms with Crippen molar-refractivity contribution < 1.29 is 17.4 Å². The highest BCUT2D eigenvalue weighted by atomic mass is 32.2. The van der Waals surface area contributed by atoms with Gasteiger partial charge in [-0.05, 0) is 41.6 Å². The minimum Gasteiger partial charge on any atom is -0.459 e. The van der Waals surface area contributed by atoms with Crippen LogP contribution in [0.25, 0.3) is 22.6 Å². The van der Waals surface area contributed by atoms with Crippen LogP contribution in [0.15, 0.2) is 68.8 Å². The molecular weight excluding hydrogens is 332 g/mol. The predicted molar refractivity (Wildman–Crippen MR) is 84.6 cm³/mol. The van der Waals surface area contributed by atoms with E-state index >= 15 is 0 Å². The van der Waals surface area contributed by atoms with E-state index in [0.717, 1.165) is 0 Å². The van der Waals surface area contributed by atoms with Gasteiger partial charge in [-0.15, -0.1) is 0 Å². The lowest BCUT2D eigenvalue weighted by molar-refractivity contribution is 0.417. The second-order valence-corrected chi connectivity index (χ2v) is 6.48. The molecule has 1 N–H and O–H groups in total. The molecule has 0 saturated carbocycles. The van der Waals surface area contributed by atoms with Crippen LogP contribution < -0.4 is 4.72 Å². The topological polar surface area (TPSA) is 111 Å². The minimum atomic E-state index is -3.90. The number of pyridine rings is 1. The molecule has 0 saturated heterocycles. The Morgan fingerprint density at radius 2 is 1.96 bits per heavy atom. The maximum atomic E-state index is 12.6. The quantitative estimate of drug-likeness (QED) is 0.607. The zero-order valence-corrected chi connectivity index (χ0v) is 12.9. The van der Waals surface area contributed by atoms with Crippen molar-refractivity contribution in [3.8, 4) is 11.7 Å². The first kappa shape index (κ1) is 14.4. The van der Waals surface area contributed by atoms with Gasteiger partial charge in [0.25, 0.3) is 21.9 Å². The number of nitrogens with zero attached hydrogens (tertiary/aromatic N) is 3. The molecule has 0 aliphatic carbocycles. The average molecular weight is 342 g/mol. The zero-order valence-electron chi connectivity index (χ0n) is 12.1. The fourth-order valence-electron chi connectivity index (χ4n) is 2.25. The molecule has 0 aliphatic heterocycles. The Hall–Kier alpha value is -3.20. The number of benzene rings is 1. The van der Waals surface area contributed by atoms with Crippen LogP contribution in [0.5, 0.6) is 0 Å². The van der Waals surface area contributed by atoms with E-state index in [-0.39, 0.29) is 16.7 Å². The summed E-state index contributed by atoms with van der Waals surface area (Å²) in [7, 11) is -3.90. The molecule has 0 bridgehead atoms. The summed E-state index contributed by atoms with van der Waals surface area (Å²) in [5.41, 5.74) is 0.574. The fraction of sp³-hybridized carbons (Fsp3) is 0. The van der Waals surface area contributed by atoms with Crippen molar-refractivity contribution >= 4 is 26.9 Å². The van der Waals surface area contributed by atoms with Gasteiger partial charge in [-0.1, -0.05) is 6.07 Å². The molecule has 3 heterocycles. The summed E-state index contributed by atoms with van der Waals surface area (Å²) in [6, 6.07) is 11.5. The number of hydrogen-bond acceptors (Lipinski definition) is 7. The van der Waals surface area contributed by atoms with E-state index in [9.17, 15) is 8.42 Å². The molecule has 0 amide bonds. The third kappa shape index (κ3) is 2.50. The number of nitrogens with one attached hydrogen (secondary N) is 1. The number of rotatable bonds is 4. The molecule has 8 nitrogen and oxygen atoms in total. The molecule has 0 unspecified atom stereocenters. The van der Waals surface area contributed by atoms with Gasteiger partial charge in [-0.25, -0.2) is 13.1 Å². The van der Waals surface area contributed by atoms with Crippen molar-refractivity contribution in [2.24, 2.45) is 0 Å². The summed E-state index contributed by atoms with van der Waals surface area (Å²) < 4.78 is 37.7. The number of aromatic nitrogens is 3. The molecule has 4 aromatic rings. The highest BCUT2D eigenvalue weighted by Crippen LogP contribution is 2.24. The summed E-state index contributed by atoms with van der Waals surface area (Å²) >= 11 is 0. The van der Waals surface area contributed by atoms with Gasteiger partial charge in [-0.3, -0.25) is 4.98 Å². The number of fused-ring (bicyclic) bond motifs is 1. The van der Waals surface area contributed by atoms with Gasteiger partial charge < -0.3 is 8.94 Å². The Bertz CT molecular complexity index is 1100. The number of sulfonamides is 1. The Morgan fingerprint density at radius 1 is 1.04 bits per heavy atom. The monoisotopic (exact) mass is 342 g/mol. The highest BCUT2D eigenvalue weighted by Gasteiger charge is 2.21. The van der Waals surface area contributed by atoms with Gasteiger partial charge >= 0.3 is 0 Å². The first-order valence-corrected chi connectivity index (χ1v) is 8.36. The van der Waals surface area contributed by atoms with Gasteiger partial charge in [-0.2, -0.15) is 4.98 Å². The van der Waals surface area contributed by atoms with E-state index in [1.807, 2.05) is 0 Å². The second-order valence-electron chi connectivity index (χ2n) is 4.83. The zero-order chi connectivity index (χ0) is 16.6. The van der Waals surface area contributed by atoms with Crippen molar-refractivity contribution in [3.63, 3.8) is 0 Å². The largest absolute Gasteiger partial charge is 0.459 e. The fourth-order valence-corrected chi connectivity index (χ4v) is 3.40. The molecular formula is C15H10N4O4S. The average Bonchev–Trinajstić information content (AvgIpc) is 3.25. The molecule has 0 atom stereocenters. The van der Waals surface area contributed by atoms with Gasteiger partial charge in [0.05, 0.1) is 16.7 Å². The maximum Gasteiger partial charge on any atom is 0.295 e. The summed E-state index contributed by atoms with van der Waals surface area (Å²) in [4.78, 5) is 8.19. The van der Waals surface area contributed by atoms with Crippen molar-refractivity contribution in [1.82, 2.24) is 15.1 Å². The van der Waals surface area contributed by atoms with E-state index in [0.29, 0.717) is 16.7 Å². The van der Waals surface area contributed by atoms with E-state index < -0.39 is 10.0 Å². The standard InChI is InChI=1S/C15H10N4O4S/c20-24(21,13-7-1-5-11-10(13)4-2-8-16-11)19-15-17-14(23-18-15)12-6-3-9-22-12/h1-9H,(H,18,19). The Kier molecular flexibility index (Phi) is 3.28. The number of anilines is 1. The molecule has 1 aromatic carbocycles. The van der Waals surface area contributed by atoms with Crippen LogP contribution >= 0.6 is 0 Å². The van der Waals surface area contributed by atoms with E-state index in [1.54, 1.807) is 42.6 Å².